The summed E-state index contributed by atoms with van der Waals surface area (Å²) in [5.41, 5.74) is 0.526. The standard InChI is InChI=1S/C13H11FO3/c1-16-13(15)12-7-6-10(17-12)8-9-4-2-3-5-11(9)14/h2-7H,8H2,1H3. The van der Waals surface area contributed by atoms with Crippen LogP contribution in [0.15, 0.2) is 40.8 Å². The van der Waals surface area contributed by atoms with Crippen LogP contribution in [0.4, 0.5) is 4.39 Å². The van der Waals surface area contributed by atoms with Crippen molar-refractivity contribution in [3.63, 3.8) is 0 Å². The number of methoxy groups -OCH3 is 1. The molecule has 1 heterocycles. The highest BCUT2D eigenvalue weighted by molar-refractivity contribution is 5.86. The third-order valence-corrected chi connectivity index (χ3v) is 2.37. The van der Waals surface area contributed by atoms with Crippen LogP contribution in [0.2, 0.25) is 0 Å². The zero-order valence-corrected chi connectivity index (χ0v) is 9.27. The van der Waals surface area contributed by atoms with Crippen molar-refractivity contribution in [1.82, 2.24) is 0 Å². The molecule has 0 radical (unpaired) electrons. The lowest BCUT2D eigenvalue weighted by molar-refractivity contribution is 0.0563. The number of furan rings is 1. The molecule has 0 aliphatic heterocycles. The molecule has 0 spiro atoms. The van der Waals surface area contributed by atoms with Gasteiger partial charge in [-0.05, 0) is 23.8 Å². The molecule has 4 heteroatoms. The fourth-order valence-electron chi connectivity index (χ4n) is 1.51. The zero-order valence-electron chi connectivity index (χ0n) is 9.27. The molecule has 1 aromatic carbocycles. The van der Waals surface area contributed by atoms with Gasteiger partial charge in [0.1, 0.15) is 11.6 Å². The molecule has 2 aromatic rings. The molecule has 0 saturated heterocycles. The highest BCUT2D eigenvalue weighted by atomic mass is 19.1. The molecule has 0 fully saturated rings. The van der Waals surface area contributed by atoms with E-state index >= 15 is 0 Å². The first-order chi connectivity index (χ1) is 8.20. The molecule has 0 bridgehead atoms. The highest BCUT2D eigenvalue weighted by Crippen LogP contribution is 2.16. The summed E-state index contributed by atoms with van der Waals surface area (Å²) in [4.78, 5) is 11.2. The lowest BCUT2D eigenvalue weighted by atomic mass is 10.1. The Morgan fingerprint density at radius 3 is 2.76 bits per heavy atom. The van der Waals surface area contributed by atoms with Crippen LogP contribution in [-0.4, -0.2) is 13.1 Å². The summed E-state index contributed by atoms with van der Waals surface area (Å²) >= 11 is 0. The van der Waals surface area contributed by atoms with Crippen LogP contribution >= 0.6 is 0 Å². The van der Waals surface area contributed by atoms with E-state index in [2.05, 4.69) is 4.74 Å². The Bertz CT molecular complexity index is 531. The Labute approximate surface area is 97.8 Å². The predicted octanol–water partition coefficient (Wildman–Crippen LogP) is 2.80. The van der Waals surface area contributed by atoms with Crippen molar-refractivity contribution in [2.24, 2.45) is 0 Å². The molecular weight excluding hydrogens is 223 g/mol. The van der Waals surface area contributed by atoms with Crippen LogP contribution in [0.3, 0.4) is 0 Å². The van der Waals surface area contributed by atoms with Gasteiger partial charge in [-0.3, -0.25) is 0 Å². The first-order valence-electron chi connectivity index (χ1n) is 5.11. The van der Waals surface area contributed by atoms with Crippen molar-refractivity contribution < 1.29 is 18.3 Å². The number of esters is 1. The molecule has 0 aliphatic carbocycles. The molecule has 88 valence electrons. The number of hydrogen-bond donors (Lipinski definition) is 0. The minimum absolute atomic E-state index is 0.124. The Morgan fingerprint density at radius 2 is 2.06 bits per heavy atom. The van der Waals surface area contributed by atoms with E-state index in [-0.39, 0.29) is 11.6 Å². The quantitative estimate of drug-likeness (QED) is 0.766. The van der Waals surface area contributed by atoms with E-state index < -0.39 is 5.97 Å². The van der Waals surface area contributed by atoms with Crippen molar-refractivity contribution in [2.45, 2.75) is 6.42 Å². The predicted molar refractivity (Wildman–Crippen MR) is 59.3 cm³/mol. The van der Waals surface area contributed by atoms with E-state index in [0.717, 1.165) is 0 Å². The number of carbonyl (C=O) groups excluding carboxylic acids is 1. The number of carbonyl (C=O) groups is 1. The van der Waals surface area contributed by atoms with Gasteiger partial charge in [-0.15, -0.1) is 0 Å². The van der Waals surface area contributed by atoms with Gasteiger partial charge in [0, 0.05) is 6.42 Å². The van der Waals surface area contributed by atoms with Crippen molar-refractivity contribution in [2.75, 3.05) is 7.11 Å². The van der Waals surface area contributed by atoms with E-state index in [9.17, 15) is 9.18 Å². The van der Waals surface area contributed by atoms with Crippen LogP contribution in [0.25, 0.3) is 0 Å². The van der Waals surface area contributed by atoms with Crippen LogP contribution in [-0.2, 0) is 11.2 Å². The SMILES string of the molecule is COC(=O)c1ccc(Cc2ccccc2F)o1. The van der Waals surface area contributed by atoms with Gasteiger partial charge in [0.15, 0.2) is 0 Å². The maximum Gasteiger partial charge on any atom is 0.373 e. The summed E-state index contributed by atoms with van der Waals surface area (Å²) in [6, 6.07) is 9.60. The topological polar surface area (TPSA) is 39.4 Å². The van der Waals surface area contributed by atoms with Gasteiger partial charge < -0.3 is 9.15 Å². The highest BCUT2D eigenvalue weighted by Gasteiger charge is 2.12. The smallest absolute Gasteiger partial charge is 0.373 e. The molecule has 3 nitrogen and oxygen atoms in total. The van der Waals surface area contributed by atoms with E-state index in [1.165, 1.54) is 19.2 Å². The average molecular weight is 234 g/mol. The van der Waals surface area contributed by atoms with E-state index in [1.54, 1.807) is 24.3 Å². The summed E-state index contributed by atoms with van der Waals surface area (Å²) in [6.45, 7) is 0. The van der Waals surface area contributed by atoms with Crippen LogP contribution in [0.1, 0.15) is 21.9 Å². The molecule has 0 N–H and O–H groups in total. The molecule has 17 heavy (non-hydrogen) atoms. The monoisotopic (exact) mass is 234 g/mol. The van der Waals surface area contributed by atoms with Crippen molar-refractivity contribution >= 4 is 5.97 Å². The van der Waals surface area contributed by atoms with Crippen molar-refractivity contribution in [3.8, 4) is 0 Å². The number of ether oxygens (including phenoxy) is 1. The van der Waals surface area contributed by atoms with E-state index in [0.29, 0.717) is 17.7 Å². The van der Waals surface area contributed by atoms with Gasteiger partial charge in [0.2, 0.25) is 5.76 Å². The summed E-state index contributed by atoms with van der Waals surface area (Å²) in [7, 11) is 1.28. The number of rotatable bonds is 3. The molecule has 1 aromatic heterocycles. The van der Waals surface area contributed by atoms with Gasteiger partial charge in [-0.1, -0.05) is 18.2 Å². The minimum Gasteiger partial charge on any atom is -0.463 e. The maximum atomic E-state index is 13.4. The number of benzene rings is 1. The first-order valence-corrected chi connectivity index (χ1v) is 5.11. The lowest BCUT2D eigenvalue weighted by Gasteiger charge is -1.99. The Morgan fingerprint density at radius 1 is 1.29 bits per heavy atom. The number of hydrogen-bond acceptors (Lipinski definition) is 3. The summed E-state index contributed by atoms with van der Waals surface area (Å²) in [6.07, 6.45) is 0.309. The average Bonchev–Trinajstić information content (AvgIpc) is 2.80. The summed E-state index contributed by atoms with van der Waals surface area (Å²) < 4.78 is 23.1. The molecule has 0 aliphatic rings. The fourth-order valence-corrected chi connectivity index (χ4v) is 1.51. The fraction of sp³-hybridized carbons (Fsp3) is 0.154. The third-order valence-electron chi connectivity index (χ3n) is 2.37. The second-order valence-corrected chi connectivity index (χ2v) is 3.53. The minimum atomic E-state index is -0.537. The van der Waals surface area contributed by atoms with Crippen LogP contribution in [0.5, 0.6) is 0 Å². The third kappa shape index (κ3) is 2.53. The Hall–Kier alpha value is -2.10. The van der Waals surface area contributed by atoms with Gasteiger partial charge in [-0.2, -0.15) is 0 Å². The lowest BCUT2D eigenvalue weighted by Crippen LogP contribution is -1.98. The largest absolute Gasteiger partial charge is 0.463 e. The second kappa shape index (κ2) is 4.82. The normalized spacial score (nSPS) is 10.2. The molecule has 0 unspecified atom stereocenters. The molecule has 2 rings (SSSR count). The summed E-state index contributed by atoms with van der Waals surface area (Å²) in [5.74, 6) is -0.178. The summed E-state index contributed by atoms with van der Waals surface area (Å²) in [5, 5.41) is 0. The first kappa shape index (κ1) is 11.4. The molecule has 0 atom stereocenters. The van der Waals surface area contributed by atoms with Crippen LogP contribution < -0.4 is 0 Å². The molecule has 0 amide bonds. The van der Waals surface area contributed by atoms with Gasteiger partial charge in [-0.25, -0.2) is 9.18 Å². The Balaban J connectivity index is 2.17. The van der Waals surface area contributed by atoms with E-state index in [4.69, 9.17) is 4.42 Å². The maximum absolute atomic E-state index is 13.4. The molecule has 0 saturated carbocycles. The second-order valence-electron chi connectivity index (χ2n) is 3.53. The number of halogens is 1. The van der Waals surface area contributed by atoms with Gasteiger partial charge in [0.05, 0.1) is 7.11 Å². The van der Waals surface area contributed by atoms with Gasteiger partial charge in [0.25, 0.3) is 0 Å². The Kier molecular flexibility index (Phi) is 3.23. The van der Waals surface area contributed by atoms with E-state index in [1.807, 2.05) is 0 Å². The van der Waals surface area contributed by atoms with Gasteiger partial charge >= 0.3 is 5.97 Å². The van der Waals surface area contributed by atoms with Crippen molar-refractivity contribution in [3.05, 3.63) is 59.3 Å². The zero-order chi connectivity index (χ0) is 12.3. The van der Waals surface area contributed by atoms with Crippen LogP contribution in [0, 0.1) is 5.82 Å². The molecular formula is C13H11FO3. The van der Waals surface area contributed by atoms with Crippen molar-refractivity contribution in [1.29, 1.82) is 0 Å².